The van der Waals surface area contributed by atoms with Crippen LogP contribution in [0.15, 0.2) is 30.3 Å². The Bertz CT molecular complexity index is 473. The van der Waals surface area contributed by atoms with E-state index >= 15 is 0 Å². The molecule has 6 heteroatoms. The van der Waals surface area contributed by atoms with Crippen molar-refractivity contribution >= 4 is 17.9 Å². The molecule has 2 N–H and O–H groups in total. The van der Waals surface area contributed by atoms with E-state index in [-0.39, 0.29) is 6.04 Å². The van der Waals surface area contributed by atoms with Gasteiger partial charge in [0.05, 0.1) is 5.56 Å². The average Bonchev–Trinajstić information content (AvgIpc) is 2.45. The second-order valence-corrected chi connectivity index (χ2v) is 4.27. The molecule has 0 aromatic heterocycles. The Balaban J connectivity index is 2.33. The summed E-state index contributed by atoms with van der Waals surface area (Å²) in [7, 11) is 0. The molecule has 0 bridgehead atoms. The molecule has 1 rings (SSSR count). The van der Waals surface area contributed by atoms with Gasteiger partial charge in [0.25, 0.3) is 5.91 Å². The van der Waals surface area contributed by atoms with Gasteiger partial charge in [-0.25, -0.2) is 9.59 Å². The number of amides is 3. The van der Waals surface area contributed by atoms with Crippen LogP contribution in [0.2, 0.25) is 0 Å². The van der Waals surface area contributed by atoms with Gasteiger partial charge in [-0.1, -0.05) is 25.1 Å². The molecule has 3 amide bonds. The highest BCUT2D eigenvalue weighted by Gasteiger charge is 2.12. The highest BCUT2D eigenvalue weighted by Crippen LogP contribution is 2.00. The number of nitrogens with one attached hydrogen (secondary N) is 2. The van der Waals surface area contributed by atoms with Crippen molar-refractivity contribution in [1.29, 1.82) is 0 Å². The lowest BCUT2D eigenvalue weighted by Gasteiger charge is -2.11. The molecule has 0 saturated carbocycles. The van der Waals surface area contributed by atoms with E-state index in [0.717, 1.165) is 6.42 Å². The number of benzene rings is 1. The van der Waals surface area contributed by atoms with Crippen molar-refractivity contribution in [2.45, 2.75) is 26.3 Å². The number of urea groups is 1. The highest BCUT2D eigenvalue weighted by atomic mass is 16.5. The topological polar surface area (TPSA) is 84.5 Å². The first-order chi connectivity index (χ1) is 9.52. The standard InChI is InChI=1S/C14H18N2O4/c1-3-10(2)15-14(19)16-12(17)9-20-13(18)11-7-5-4-6-8-11/h4-8,10H,3,9H2,1-2H3,(H2,15,16,17,19)/t10-/m0/s1. The van der Waals surface area contributed by atoms with Gasteiger partial charge in [-0.15, -0.1) is 0 Å². The zero-order valence-corrected chi connectivity index (χ0v) is 11.5. The van der Waals surface area contributed by atoms with E-state index in [2.05, 4.69) is 10.6 Å². The molecule has 1 aromatic rings. The predicted molar refractivity (Wildman–Crippen MR) is 73.2 cm³/mol. The number of hydrogen-bond acceptors (Lipinski definition) is 4. The Morgan fingerprint density at radius 2 is 1.85 bits per heavy atom. The summed E-state index contributed by atoms with van der Waals surface area (Å²) < 4.78 is 4.79. The van der Waals surface area contributed by atoms with E-state index in [0.29, 0.717) is 5.56 Å². The Morgan fingerprint density at radius 1 is 1.20 bits per heavy atom. The lowest BCUT2D eigenvalue weighted by Crippen LogP contribution is -2.44. The molecule has 0 heterocycles. The SMILES string of the molecule is CC[C@H](C)NC(=O)NC(=O)COC(=O)c1ccccc1. The van der Waals surface area contributed by atoms with Crippen LogP contribution in [0.3, 0.4) is 0 Å². The Morgan fingerprint density at radius 3 is 2.45 bits per heavy atom. The monoisotopic (exact) mass is 278 g/mol. The van der Waals surface area contributed by atoms with Crippen LogP contribution in [-0.2, 0) is 9.53 Å². The van der Waals surface area contributed by atoms with Gasteiger partial charge in [0, 0.05) is 6.04 Å². The quantitative estimate of drug-likeness (QED) is 0.799. The second kappa shape index (κ2) is 7.93. The van der Waals surface area contributed by atoms with Gasteiger partial charge < -0.3 is 10.1 Å². The fourth-order valence-corrected chi connectivity index (χ4v) is 1.31. The van der Waals surface area contributed by atoms with E-state index in [4.69, 9.17) is 4.74 Å². The van der Waals surface area contributed by atoms with E-state index < -0.39 is 24.5 Å². The Hall–Kier alpha value is -2.37. The minimum Gasteiger partial charge on any atom is -0.452 e. The van der Waals surface area contributed by atoms with Crippen molar-refractivity contribution in [2.24, 2.45) is 0 Å². The molecule has 0 spiro atoms. The molecule has 1 atom stereocenters. The maximum Gasteiger partial charge on any atom is 0.338 e. The predicted octanol–water partition coefficient (Wildman–Crippen LogP) is 1.47. The first kappa shape index (κ1) is 15.7. The number of hydrogen-bond donors (Lipinski definition) is 2. The first-order valence-electron chi connectivity index (χ1n) is 6.35. The molecule has 0 fully saturated rings. The molecule has 0 aliphatic heterocycles. The molecule has 0 aliphatic rings. The summed E-state index contributed by atoms with van der Waals surface area (Å²) in [5, 5.41) is 4.65. The van der Waals surface area contributed by atoms with Gasteiger partial charge in [0.15, 0.2) is 6.61 Å². The van der Waals surface area contributed by atoms with Gasteiger partial charge in [0.1, 0.15) is 0 Å². The van der Waals surface area contributed by atoms with Crippen LogP contribution in [0.1, 0.15) is 30.6 Å². The van der Waals surface area contributed by atoms with Crippen molar-refractivity contribution in [3.8, 4) is 0 Å². The van der Waals surface area contributed by atoms with Crippen LogP contribution in [-0.4, -0.2) is 30.6 Å². The van der Waals surface area contributed by atoms with Crippen LogP contribution in [0.5, 0.6) is 0 Å². The molecular weight excluding hydrogens is 260 g/mol. The van der Waals surface area contributed by atoms with Crippen molar-refractivity contribution in [1.82, 2.24) is 10.6 Å². The lowest BCUT2D eigenvalue weighted by molar-refractivity contribution is -0.123. The smallest absolute Gasteiger partial charge is 0.338 e. The van der Waals surface area contributed by atoms with Gasteiger partial charge in [-0.05, 0) is 25.5 Å². The normalized spacial score (nSPS) is 11.3. The lowest BCUT2D eigenvalue weighted by atomic mass is 10.2. The first-order valence-corrected chi connectivity index (χ1v) is 6.35. The molecule has 108 valence electrons. The van der Waals surface area contributed by atoms with E-state index in [9.17, 15) is 14.4 Å². The number of carbonyl (C=O) groups is 3. The number of carbonyl (C=O) groups excluding carboxylic acids is 3. The minimum absolute atomic E-state index is 0.0327. The average molecular weight is 278 g/mol. The summed E-state index contributed by atoms with van der Waals surface area (Å²) in [5.41, 5.74) is 0.351. The van der Waals surface area contributed by atoms with E-state index in [1.54, 1.807) is 30.3 Å². The number of esters is 1. The third-order valence-electron chi connectivity index (χ3n) is 2.59. The van der Waals surface area contributed by atoms with Gasteiger partial charge in [-0.3, -0.25) is 10.1 Å². The van der Waals surface area contributed by atoms with Crippen LogP contribution >= 0.6 is 0 Å². The second-order valence-electron chi connectivity index (χ2n) is 4.27. The molecule has 0 saturated heterocycles. The third-order valence-corrected chi connectivity index (χ3v) is 2.59. The summed E-state index contributed by atoms with van der Waals surface area (Å²) in [6.45, 7) is 3.23. The number of ether oxygens (including phenoxy) is 1. The zero-order chi connectivity index (χ0) is 15.0. The summed E-state index contributed by atoms with van der Waals surface area (Å²) >= 11 is 0. The van der Waals surface area contributed by atoms with Crippen molar-refractivity contribution < 1.29 is 19.1 Å². The van der Waals surface area contributed by atoms with Gasteiger partial charge in [-0.2, -0.15) is 0 Å². The molecular formula is C14H18N2O4. The zero-order valence-electron chi connectivity index (χ0n) is 11.5. The summed E-state index contributed by atoms with van der Waals surface area (Å²) in [5.74, 6) is -1.28. The maximum absolute atomic E-state index is 11.6. The van der Waals surface area contributed by atoms with Crippen molar-refractivity contribution in [3.63, 3.8) is 0 Å². The molecule has 0 unspecified atom stereocenters. The van der Waals surface area contributed by atoms with E-state index in [1.165, 1.54) is 0 Å². The Labute approximate surface area is 117 Å². The number of rotatable bonds is 5. The molecule has 0 radical (unpaired) electrons. The van der Waals surface area contributed by atoms with Gasteiger partial charge >= 0.3 is 12.0 Å². The highest BCUT2D eigenvalue weighted by molar-refractivity contribution is 5.97. The van der Waals surface area contributed by atoms with Crippen molar-refractivity contribution in [2.75, 3.05) is 6.61 Å². The van der Waals surface area contributed by atoms with Crippen LogP contribution in [0.4, 0.5) is 4.79 Å². The minimum atomic E-state index is -0.671. The largest absolute Gasteiger partial charge is 0.452 e. The van der Waals surface area contributed by atoms with E-state index in [1.807, 2.05) is 13.8 Å². The van der Waals surface area contributed by atoms with Crippen LogP contribution in [0.25, 0.3) is 0 Å². The summed E-state index contributed by atoms with van der Waals surface area (Å²) in [4.78, 5) is 34.3. The Kier molecular flexibility index (Phi) is 6.22. The number of imide groups is 1. The van der Waals surface area contributed by atoms with Gasteiger partial charge in [0.2, 0.25) is 0 Å². The molecule has 0 aliphatic carbocycles. The fourth-order valence-electron chi connectivity index (χ4n) is 1.31. The molecule has 6 nitrogen and oxygen atoms in total. The van der Waals surface area contributed by atoms with Crippen molar-refractivity contribution in [3.05, 3.63) is 35.9 Å². The molecule has 1 aromatic carbocycles. The molecule has 20 heavy (non-hydrogen) atoms. The summed E-state index contributed by atoms with van der Waals surface area (Å²) in [6.07, 6.45) is 0.755. The third kappa shape index (κ3) is 5.51. The van der Waals surface area contributed by atoms with Crippen LogP contribution < -0.4 is 10.6 Å². The summed E-state index contributed by atoms with van der Waals surface area (Å²) in [6, 6.07) is 7.68. The fraction of sp³-hybridized carbons (Fsp3) is 0.357. The van der Waals surface area contributed by atoms with Crippen LogP contribution in [0, 0.1) is 0 Å². The maximum atomic E-state index is 11.6.